The van der Waals surface area contributed by atoms with Gasteiger partial charge in [0, 0.05) is 19.2 Å². The Kier molecular flexibility index (Phi) is 6.76. The van der Waals surface area contributed by atoms with E-state index < -0.39 is 18.3 Å². The molecule has 6 nitrogen and oxygen atoms in total. The van der Waals surface area contributed by atoms with Gasteiger partial charge in [-0.25, -0.2) is 0 Å². The summed E-state index contributed by atoms with van der Waals surface area (Å²) in [4.78, 5) is 12.0. The van der Waals surface area contributed by atoms with Crippen LogP contribution in [-0.4, -0.2) is 54.6 Å². The Bertz CT molecular complexity index is 527. The molecular weight excluding hydrogens is 297 g/mol. The number of nitrogens with one attached hydrogen (secondary N) is 1. The molecule has 0 aliphatic carbocycles. The Morgan fingerprint density at radius 1 is 1.30 bits per heavy atom. The number of aliphatic hydroxyl groups is 1. The third-order valence-electron chi connectivity index (χ3n) is 3.91. The van der Waals surface area contributed by atoms with Crippen molar-refractivity contribution in [2.24, 2.45) is 0 Å². The van der Waals surface area contributed by atoms with Crippen molar-refractivity contribution >= 4 is 18.5 Å². The average Bonchev–Trinajstić information content (AvgIpc) is 2.46. The lowest BCUT2D eigenvalue weighted by Crippen LogP contribution is -2.53. The van der Waals surface area contributed by atoms with Crippen LogP contribution in [0.5, 0.6) is 0 Å². The molecule has 0 bridgehead atoms. The van der Waals surface area contributed by atoms with Crippen LogP contribution in [0.25, 0.3) is 0 Å². The molecule has 0 saturated carbocycles. The number of rotatable bonds is 8. The first-order chi connectivity index (χ1) is 10.6. The van der Waals surface area contributed by atoms with Crippen LogP contribution in [0.15, 0.2) is 24.3 Å². The Morgan fingerprint density at radius 3 is 2.52 bits per heavy atom. The lowest BCUT2D eigenvalue weighted by Gasteiger charge is -2.38. The molecule has 3 N–H and O–H groups in total. The molecule has 0 aliphatic heterocycles. The Balaban J connectivity index is 2.81. The van der Waals surface area contributed by atoms with Crippen LogP contribution in [0.2, 0.25) is 0 Å². The monoisotopic (exact) mass is 323 g/mol. The fourth-order valence-electron chi connectivity index (χ4n) is 1.69. The van der Waals surface area contributed by atoms with Gasteiger partial charge in [-0.15, -0.1) is 0 Å². The summed E-state index contributed by atoms with van der Waals surface area (Å²) in [5.74, 6) is -0.252. The number of methoxy groups -OCH3 is 1. The first kappa shape index (κ1) is 19.6. The van der Waals surface area contributed by atoms with Gasteiger partial charge in [0.1, 0.15) is 0 Å². The minimum Gasteiger partial charge on any atom is -0.423 e. The standard InChI is InChI=1S/C16H26BNO5/c1-15(2,20)16(3,4)23-17(21)13-8-6-7-12(11-13)14(19)18-9-10-22-5/h6-8,11,20-21H,9-10H2,1-5H3,(H,18,19). The Hall–Kier alpha value is -1.41. The van der Waals surface area contributed by atoms with E-state index >= 15 is 0 Å². The van der Waals surface area contributed by atoms with E-state index in [1.807, 2.05) is 0 Å². The molecule has 1 aromatic carbocycles. The van der Waals surface area contributed by atoms with Gasteiger partial charge in [0.2, 0.25) is 0 Å². The molecule has 1 amide bonds. The molecule has 0 radical (unpaired) electrons. The van der Waals surface area contributed by atoms with Gasteiger partial charge in [-0.3, -0.25) is 4.79 Å². The highest BCUT2D eigenvalue weighted by molar-refractivity contribution is 6.60. The van der Waals surface area contributed by atoms with Gasteiger partial charge >= 0.3 is 7.12 Å². The van der Waals surface area contributed by atoms with Gasteiger partial charge in [-0.05, 0) is 45.3 Å². The van der Waals surface area contributed by atoms with Gasteiger partial charge in [0.25, 0.3) is 5.91 Å². The minimum atomic E-state index is -1.25. The third kappa shape index (κ3) is 5.62. The van der Waals surface area contributed by atoms with Crippen molar-refractivity contribution in [3.05, 3.63) is 29.8 Å². The number of amides is 1. The average molecular weight is 323 g/mol. The third-order valence-corrected chi connectivity index (χ3v) is 3.91. The van der Waals surface area contributed by atoms with Crippen molar-refractivity contribution < 1.29 is 24.3 Å². The van der Waals surface area contributed by atoms with Crippen molar-refractivity contribution in [1.82, 2.24) is 5.32 Å². The molecule has 7 heteroatoms. The maximum Gasteiger partial charge on any atom is 0.491 e. The smallest absolute Gasteiger partial charge is 0.423 e. The minimum absolute atomic E-state index is 0.252. The summed E-state index contributed by atoms with van der Waals surface area (Å²) >= 11 is 0. The van der Waals surface area contributed by atoms with E-state index in [9.17, 15) is 14.9 Å². The van der Waals surface area contributed by atoms with Crippen LogP contribution in [0, 0.1) is 0 Å². The lowest BCUT2D eigenvalue weighted by atomic mass is 9.76. The summed E-state index contributed by atoms with van der Waals surface area (Å²) in [5, 5.41) is 23.1. The van der Waals surface area contributed by atoms with Gasteiger partial charge < -0.3 is 24.8 Å². The molecule has 128 valence electrons. The van der Waals surface area contributed by atoms with Crippen molar-refractivity contribution in [1.29, 1.82) is 0 Å². The van der Waals surface area contributed by atoms with Gasteiger partial charge in [-0.2, -0.15) is 0 Å². The van der Waals surface area contributed by atoms with Crippen LogP contribution in [0.1, 0.15) is 38.1 Å². The first-order valence-electron chi connectivity index (χ1n) is 7.54. The number of benzene rings is 1. The summed E-state index contributed by atoms with van der Waals surface area (Å²) in [7, 11) is 0.313. The fourth-order valence-corrected chi connectivity index (χ4v) is 1.69. The van der Waals surface area contributed by atoms with Crippen LogP contribution in [0.4, 0.5) is 0 Å². The van der Waals surface area contributed by atoms with Gasteiger partial charge in [0.15, 0.2) is 0 Å². The number of carbonyl (C=O) groups excluding carboxylic acids is 1. The molecule has 0 unspecified atom stereocenters. The fraction of sp³-hybridized carbons (Fsp3) is 0.562. The normalized spacial score (nSPS) is 12.1. The van der Waals surface area contributed by atoms with Crippen molar-refractivity contribution in [2.75, 3.05) is 20.3 Å². The van der Waals surface area contributed by atoms with E-state index in [1.54, 1.807) is 59.1 Å². The summed E-state index contributed by atoms with van der Waals surface area (Å²) in [6.07, 6.45) is 0. The summed E-state index contributed by atoms with van der Waals surface area (Å²) in [6.45, 7) is 7.44. The summed E-state index contributed by atoms with van der Waals surface area (Å²) in [6, 6.07) is 6.55. The van der Waals surface area contributed by atoms with E-state index in [1.165, 1.54) is 0 Å². The topological polar surface area (TPSA) is 88.0 Å². The van der Waals surface area contributed by atoms with E-state index in [0.717, 1.165) is 0 Å². The Labute approximate surface area is 138 Å². The van der Waals surface area contributed by atoms with E-state index in [4.69, 9.17) is 9.39 Å². The highest BCUT2D eigenvalue weighted by atomic mass is 16.5. The highest BCUT2D eigenvalue weighted by Crippen LogP contribution is 2.25. The highest BCUT2D eigenvalue weighted by Gasteiger charge is 2.39. The molecule has 0 atom stereocenters. The molecule has 0 heterocycles. The maximum absolute atomic E-state index is 12.0. The molecular formula is C16H26BNO5. The van der Waals surface area contributed by atoms with Gasteiger partial charge in [0.05, 0.1) is 17.8 Å². The quantitative estimate of drug-likeness (QED) is 0.474. The molecule has 0 spiro atoms. The zero-order chi connectivity index (χ0) is 17.7. The molecule has 0 aromatic heterocycles. The molecule has 23 heavy (non-hydrogen) atoms. The van der Waals surface area contributed by atoms with Crippen LogP contribution >= 0.6 is 0 Å². The first-order valence-corrected chi connectivity index (χ1v) is 7.54. The second-order valence-electron chi connectivity index (χ2n) is 6.41. The number of ether oxygens (including phenoxy) is 1. The Morgan fingerprint density at radius 2 is 1.96 bits per heavy atom. The number of carbonyl (C=O) groups is 1. The molecule has 0 fully saturated rings. The summed E-state index contributed by atoms with van der Waals surface area (Å²) in [5.41, 5.74) is -1.24. The number of hydrogen-bond acceptors (Lipinski definition) is 5. The van der Waals surface area contributed by atoms with Crippen LogP contribution in [0.3, 0.4) is 0 Å². The molecule has 1 rings (SSSR count). The van der Waals surface area contributed by atoms with Crippen LogP contribution < -0.4 is 10.8 Å². The summed E-state index contributed by atoms with van der Waals surface area (Å²) < 4.78 is 10.5. The number of hydrogen-bond donors (Lipinski definition) is 3. The van der Waals surface area contributed by atoms with Crippen molar-refractivity contribution in [3.8, 4) is 0 Å². The zero-order valence-corrected chi connectivity index (χ0v) is 14.4. The second-order valence-corrected chi connectivity index (χ2v) is 6.41. The van der Waals surface area contributed by atoms with Gasteiger partial charge in [-0.1, -0.05) is 12.1 Å². The SMILES string of the molecule is COCCNC(=O)c1cccc(B(O)OC(C)(C)C(C)(C)O)c1. The lowest BCUT2D eigenvalue weighted by molar-refractivity contribution is -0.0982. The van der Waals surface area contributed by atoms with Crippen molar-refractivity contribution in [2.45, 2.75) is 38.9 Å². The van der Waals surface area contributed by atoms with E-state index in [2.05, 4.69) is 5.32 Å². The van der Waals surface area contributed by atoms with E-state index in [-0.39, 0.29) is 5.91 Å². The largest absolute Gasteiger partial charge is 0.491 e. The van der Waals surface area contributed by atoms with E-state index in [0.29, 0.717) is 24.2 Å². The predicted octanol–water partition coefficient (Wildman–Crippen LogP) is 0.316. The zero-order valence-electron chi connectivity index (χ0n) is 14.4. The molecule has 0 saturated heterocycles. The van der Waals surface area contributed by atoms with Crippen molar-refractivity contribution in [3.63, 3.8) is 0 Å². The van der Waals surface area contributed by atoms with Crippen LogP contribution in [-0.2, 0) is 9.39 Å². The molecule has 0 aliphatic rings. The second kappa shape index (κ2) is 7.92. The predicted molar refractivity (Wildman–Crippen MR) is 89.7 cm³/mol. The maximum atomic E-state index is 12.0. The molecule has 1 aromatic rings.